The van der Waals surface area contributed by atoms with E-state index < -0.39 is 11.9 Å². The summed E-state index contributed by atoms with van der Waals surface area (Å²) in [6, 6.07) is 4.47. The van der Waals surface area contributed by atoms with Crippen LogP contribution in [0.5, 0.6) is 0 Å². The molecule has 0 bridgehead atoms. The zero-order valence-electron chi connectivity index (χ0n) is 11.3. The molecule has 1 aliphatic heterocycles. The van der Waals surface area contributed by atoms with Crippen molar-refractivity contribution in [3.05, 3.63) is 34.6 Å². The lowest BCUT2D eigenvalue weighted by atomic mass is 10.1. The van der Waals surface area contributed by atoms with Crippen LogP contribution in [-0.4, -0.2) is 36.6 Å². The van der Waals surface area contributed by atoms with Crippen LogP contribution in [0.15, 0.2) is 18.2 Å². The molecule has 1 aromatic carbocycles. The lowest BCUT2D eigenvalue weighted by molar-refractivity contribution is -0.141. The van der Waals surface area contributed by atoms with E-state index in [0.29, 0.717) is 23.6 Å². The molecule has 6 heteroatoms. The summed E-state index contributed by atoms with van der Waals surface area (Å²) in [5.41, 5.74) is 5.84. The highest BCUT2D eigenvalue weighted by Crippen LogP contribution is 2.23. The van der Waals surface area contributed by atoms with Crippen molar-refractivity contribution in [1.82, 2.24) is 4.90 Å². The van der Waals surface area contributed by atoms with Crippen molar-refractivity contribution < 1.29 is 13.9 Å². The highest BCUT2D eigenvalue weighted by Gasteiger charge is 2.32. The Morgan fingerprint density at radius 3 is 2.90 bits per heavy atom. The van der Waals surface area contributed by atoms with E-state index >= 15 is 0 Å². The van der Waals surface area contributed by atoms with Gasteiger partial charge in [0.05, 0.1) is 6.10 Å². The van der Waals surface area contributed by atoms with Gasteiger partial charge in [0.15, 0.2) is 0 Å². The Labute approximate surface area is 122 Å². The van der Waals surface area contributed by atoms with Gasteiger partial charge in [-0.2, -0.15) is 0 Å². The first-order chi connectivity index (χ1) is 9.52. The van der Waals surface area contributed by atoms with Gasteiger partial charge in [-0.05, 0) is 25.0 Å². The van der Waals surface area contributed by atoms with Crippen LogP contribution in [-0.2, 0) is 16.1 Å². The maximum Gasteiger partial charge on any atom is 0.251 e. The van der Waals surface area contributed by atoms with E-state index in [1.165, 1.54) is 17.0 Å². The smallest absolute Gasteiger partial charge is 0.251 e. The molecule has 1 aromatic rings. The third-order valence-corrected chi connectivity index (χ3v) is 3.83. The first-order valence-corrected chi connectivity index (χ1v) is 6.94. The Hall–Kier alpha value is -1.17. The number of amides is 1. The van der Waals surface area contributed by atoms with E-state index in [9.17, 15) is 9.18 Å². The zero-order chi connectivity index (χ0) is 14.7. The van der Waals surface area contributed by atoms with E-state index in [2.05, 4.69) is 0 Å². The number of halogens is 2. The average Bonchev–Trinajstić information content (AvgIpc) is 2.90. The number of ether oxygens (including phenoxy) is 1. The minimum Gasteiger partial charge on any atom is -0.364 e. The van der Waals surface area contributed by atoms with Crippen LogP contribution in [0.2, 0.25) is 5.02 Å². The number of rotatable bonds is 4. The van der Waals surface area contributed by atoms with E-state index in [1.807, 2.05) is 0 Å². The zero-order valence-corrected chi connectivity index (χ0v) is 12.1. The van der Waals surface area contributed by atoms with Crippen molar-refractivity contribution in [1.29, 1.82) is 0 Å². The first-order valence-electron chi connectivity index (χ1n) is 6.56. The molecule has 1 aliphatic rings. The van der Waals surface area contributed by atoms with Crippen LogP contribution in [0, 0.1) is 5.82 Å². The van der Waals surface area contributed by atoms with Crippen molar-refractivity contribution in [2.75, 3.05) is 13.6 Å². The van der Waals surface area contributed by atoms with E-state index in [0.717, 1.165) is 6.42 Å². The lowest BCUT2D eigenvalue weighted by Crippen LogP contribution is -2.37. The monoisotopic (exact) mass is 300 g/mol. The molecule has 0 aromatic heterocycles. The Bertz CT molecular complexity index is 478. The molecular formula is C14H18ClFN2O2. The molecule has 0 spiro atoms. The van der Waals surface area contributed by atoms with Crippen molar-refractivity contribution in [3.63, 3.8) is 0 Å². The highest BCUT2D eigenvalue weighted by atomic mass is 35.5. The topological polar surface area (TPSA) is 55.6 Å². The van der Waals surface area contributed by atoms with Gasteiger partial charge >= 0.3 is 0 Å². The van der Waals surface area contributed by atoms with Crippen molar-refractivity contribution in [2.45, 2.75) is 31.6 Å². The van der Waals surface area contributed by atoms with Crippen LogP contribution in [0.4, 0.5) is 4.39 Å². The Balaban J connectivity index is 2.01. The van der Waals surface area contributed by atoms with Crippen LogP contribution in [0.3, 0.4) is 0 Å². The van der Waals surface area contributed by atoms with Gasteiger partial charge in [0, 0.05) is 30.7 Å². The Morgan fingerprint density at radius 1 is 1.55 bits per heavy atom. The number of nitrogens with zero attached hydrogens (tertiary/aromatic N) is 1. The summed E-state index contributed by atoms with van der Waals surface area (Å²) in [5, 5.41) is 0.317. The molecule has 2 N–H and O–H groups in total. The number of likely N-dealkylation sites (N-methyl/N-ethyl adjacent to an activating group) is 1. The van der Waals surface area contributed by atoms with Gasteiger partial charge in [0.1, 0.15) is 11.9 Å². The second kappa shape index (κ2) is 6.52. The van der Waals surface area contributed by atoms with Crippen molar-refractivity contribution in [3.8, 4) is 0 Å². The van der Waals surface area contributed by atoms with Crippen LogP contribution >= 0.6 is 11.6 Å². The normalized spacial score (nSPS) is 22.0. The fraction of sp³-hybridized carbons (Fsp3) is 0.500. The van der Waals surface area contributed by atoms with Gasteiger partial charge in [-0.25, -0.2) is 4.39 Å². The quantitative estimate of drug-likeness (QED) is 0.924. The summed E-state index contributed by atoms with van der Waals surface area (Å²) in [6.07, 6.45) is 0.880. The van der Waals surface area contributed by atoms with E-state index in [4.69, 9.17) is 22.1 Å². The minimum absolute atomic E-state index is 0.0607. The highest BCUT2D eigenvalue weighted by molar-refractivity contribution is 6.31. The summed E-state index contributed by atoms with van der Waals surface area (Å²) in [7, 11) is 1.62. The summed E-state index contributed by atoms with van der Waals surface area (Å²) >= 11 is 5.96. The van der Waals surface area contributed by atoms with Gasteiger partial charge < -0.3 is 15.4 Å². The third kappa shape index (κ3) is 3.29. The second-order valence-corrected chi connectivity index (χ2v) is 5.36. The summed E-state index contributed by atoms with van der Waals surface area (Å²) in [6.45, 7) is 0.532. The molecule has 2 rings (SSSR count). The molecule has 0 radical (unpaired) electrons. The first kappa shape index (κ1) is 15.2. The van der Waals surface area contributed by atoms with Crippen LogP contribution < -0.4 is 5.73 Å². The molecule has 20 heavy (non-hydrogen) atoms. The molecule has 4 nitrogen and oxygen atoms in total. The van der Waals surface area contributed by atoms with Gasteiger partial charge in [-0.3, -0.25) is 4.79 Å². The van der Waals surface area contributed by atoms with E-state index in [-0.39, 0.29) is 18.6 Å². The molecule has 0 aliphatic carbocycles. The molecule has 1 heterocycles. The molecule has 2 atom stereocenters. The number of nitrogens with two attached hydrogens (primary N) is 1. The molecule has 0 saturated carbocycles. The number of benzene rings is 1. The van der Waals surface area contributed by atoms with Crippen LogP contribution in [0.25, 0.3) is 0 Å². The number of hydrogen-bond acceptors (Lipinski definition) is 3. The molecule has 1 amide bonds. The fourth-order valence-corrected chi connectivity index (χ4v) is 2.53. The Kier molecular flexibility index (Phi) is 4.96. The van der Waals surface area contributed by atoms with Crippen LogP contribution in [0.1, 0.15) is 18.4 Å². The SMILES string of the molecule is CN(Cc1c(F)cccc1Cl)C(=O)[C@@H]1CC[C@H](CN)O1. The van der Waals surface area contributed by atoms with Crippen molar-refractivity contribution in [2.24, 2.45) is 5.73 Å². The maximum absolute atomic E-state index is 13.7. The van der Waals surface area contributed by atoms with Gasteiger partial charge in [-0.15, -0.1) is 0 Å². The van der Waals surface area contributed by atoms with E-state index in [1.54, 1.807) is 13.1 Å². The average molecular weight is 301 g/mol. The fourth-order valence-electron chi connectivity index (χ4n) is 2.31. The third-order valence-electron chi connectivity index (χ3n) is 3.48. The van der Waals surface area contributed by atoms with Gasteiger partial charge in [0.2, 0.25) is 0 Å². The predicted molar refractivity (Wildman–Crippen MR) is 74.8 cm³/mol. The summed E-state index contributed by atoms with van der Waals surface area (Å²) in [4.78, 5) is 13.7. The number of carbonyl (C=O) groups is 1. The largest absolute Gasteiger partial charge is 0.364 e. The molecule has 110 valence electrons. The molecule has 1 saturated heterocycles. The molecular weight excluding hydrogens is 283 g/mol. The number of hydrogen-bond donors (Lipinski definition) is 1. The molecule has 1 fully saturated rings. The lowest BCUT2D eigenvalue weighted by Gasteiger charge is -2.22. The standard InChI is InChI=1S/C14H18ClFN2O2/c1-18(8-10-11(15)3-2-4-12(10)16)14(19)13-6-5-9(7-17)20-13/h2-4,9,13H,5-8,17H2,1H3/t9-,13+/m1/s1. The summed E-state index contributed by atoms with van der Waals surface area (Å²) < 4.78 is 19.2. The second-order valence-electron chi connectivity index (χ2n) is 4.95. The Morgan fingerprint density at radius 2 is 2.30 bits per heavy atom. The maximum atomic E-state index is 13.7. The number of carbonyl (C=O) groups excluding carboxylic acids is 1. The van der Waals surface area contributed by atoms with Gasteiger partial charge in [-0.1, -0.05) is 17.7 Å². The summed E-state index contributed by atoms with van der Waals surface area (Å²) in [5.74, 6) is -0.579. The molecule has 0 unspecified atom stereocenters. The van der Waals surface area contributed by atoms with Crippen molar-refractivity contribution >= 4 is 17.5 Å². The minimum atomic E-state index is -0.487. The predicted octanol–water partition coefficient (Wildman–Crippen LogP) is 1.94. The van der Waals surface area contributed by atoms with Gasteiger partial charge in [0.25, 0.3) is 5.91 Å².